The number of hydrogen-bond acceptors (Lipinski definition) is 13. The van der Waals surface area contributed by atoms with Gasteiger partial charge in [-0.15, -0.1) is 0 Å². The molecule has 5 aliphatic heterocycles. The minimum atomic E-state index is -1.37. The summed E-state index contributed by atoms with van der Waals surface area (Å²) in [6.07, 6.45) is 17.5. The summed E-state index contributed by atoms with van der Waals surface area (Å²) in [5.74, 6) is -1.44. The van der Waals surface area contributed by atoms with Crippen molar-refractivity contribution in [1.82, 2.24) is 39.3 Å². The van der Waals surface area contributed by atoms with Crippen LogP contribution in [0.3, 0.4) is 0 Å². The molecule has 3 fully saturated rings. The molecule has 0 spiro atoms. The first kappa shape index (κ1) is 50.6. The second kappa shape index (κ2) is 20.2. The fourth-order valence-electron chi connectivity index (χ4n) is 12.7. The van der Waals surface area contributed by atoms with Crippen LogP contribution < -0.4 is 35.4 Å². The molecule has 3 saturated heterocycles. The van der Waals surface area contributed by atoms with Crippen molar-refractivity contribution in [1.29, 1.82) is 0 Å². The molecule has 0 bridgehead atoms. The molecule has 410 valence electrons. The van der Waals surface area contributed by atoms with Crippen molar-refractivity contribution in [3.8, 4) is 34.4 Å². The third-order valence-electron chi connectivity index (χ3n) is 16.9. The molecule has 3 unspecified atom stereocenters. The lowest BCUT2D eigenvalue weighted by Gasteiger charge is -2.29. The van der Waals surface area contributed by atoms with Crippen LogP contribution in [0, 0.1) is 11.6 Å². The third kappa shape index (κ3) is 8.61. The summed E-state index contributed by atoms with van der Waals surface area (Å²) in [6, 6.07) is 26.1. The number of fused-ring (bicyclic) bond motifs is 6. The number of carbonyl (C=O) groups excluding carboxylic acids is 1. The molecule has 17 nitrogen and oxygen atoms in total. The fourth-order valence-corrected chi connectivity index (χ4v) is 12.7. The van der Waals surface area contributed by atoms with Gasteiger partial charge in [-0.1, -0.05) is 48.5 Å². The Kier molecular flexibility index (Phi) is 12.4. The highest BCUT2D eigenvalue weighted by molar-refractivity contribution is 6.03. The van der Waals surface area contributed by atoms with Gasteiger partial charge >= 0.3 is 5.97 Å². The Morgan fingerprint density at radius 3 is 1.60 bits per heavy atom. The van der Waals surface area contributed by atoms with E-state index in [1.54, 1.807) is 47.9 Å². The first-order valence-corrected chi connectivity index (χ1v) is 27.4. The van der Waals surface area contributed by atoms with Crippen LogP contribution in [0.1, 0.15) is 76.0 Å². The van der Waals surface area contributed by atoms with Crippen LogP contribution in [-0.2, 0) is 0 Å². The summed E-state index contributed by atoms with van der Waals surface area (Å²) in [5.41, 5.74) is 2.57. The second-order valence-electron chi connectivity index (χ2n) is 21.6. The number of rotatable bonds is 9. The number of nitrogens with one attached hydrogen (secondary N) is 1. The van der Waals surface area contributed by atoms with Crippen molar-refractivity contribution in [2.75, 3.05) is 56.1 Å². The van der Waals surface area contributed by atoms with Crippen LogP contribution >= 0.6 is 0 Å². The number of aromatic nitrogens is 6. The summed E-state index contributed by atoms with van der Waals surface area (Å²) in [4.78, 5) is 75.9. The summed E-state index contributed by atoms with van der Waals surface area (Å²) >= 11 is 0. The number of amides is 1. The molecule has 0 radical (unpaired) electrons. The van der Waals surface area contributed by atoms with Crippen molar-refractivity contribution in [2.45, 2.75) is 50.0 Å². The molecular weight excluding hydrogens is 1050 g/mol. The first-order valence-electron chi connectivity index (χ1n) is 27.4. The predicted molar refractivity (Wildman–Crippen MR) is 307 cm³/mol. The van der Waals surface area contributed by atoms with Crippen molar-refractivity contribution in [2.24, 2.45) is 0 Å². The molecule has 82 heavy (non-hydrogen) atoms. The average Bonchev–Trinajstić information content (AvgIpc) is 1.37. The Balaban J connectivity index is 0.000000150. The van der Waals surface area contributed by atoms with Crippen molar-refractivity contribution < 1.29 is 33.0 Å². The van der Waals surface area contributed by atoms with Gasteiger partial charge in [-0.3, -0.25) is 34.3 Å². The number of hydrogen-bond donors (Lipinski definition) is 2. The lowest BCUT2D eigenvalue weighted by molar-refractivity contribution is 0.0694. The molecule has 10 aromatic rings. The maximum atomic E-state index is 16.3. The van der Waals surface area contributed by atoms with E-state index in [-0.39, 0.29) is 45.4 Å². The maximum Gasteiger partial charge on any atom is 0.341 e. The van der Waals surface area contributed by atoms with Crippen molar-refractivity contribution in [3.05, 3.63) is 189 Å². The van der Waals surface area contributed by atoms with E-state index in [0.717, 1.165) is 77.6 Å². The van der Waals surface area contributed by atoms with Gasteiger partial charge in [-0.05, 0) is 104 Å². The number of anilines is 2. The van der Waals surface area contributed by atoms with Crippen LogP contribution in [0.15, 0.2) is 144 Å². The first-order chi connectivity index (χ1) is 39.9. The van der Waals surface area contributed by atoms with E-state index >= 15 is 8.78 Å². The molecule has 5 aliphatic rings. The Morgan fingerprint density at radius 1 is 0.646 bits per heavy atom. The Bertz CT molecular complexity index is 4410. The number of pyridine rings is 2. The zero-order valence-electron chi connectivity index (χ0n) is 44.4. The second-order valence-corrected chi connectivity index (χ2v) is 21.6. The molecule has 1 amide bonds. The van der Waals surface area contributed by atoms with E-state index in [1.165, 1.54) is 12.3 Å². The number of likely N-dealkylation sites (tertiary alicyclic amines) is 1. The highest BCUT2D eigenvalue weighted by Crippen LogP contribution is 2.51. The molecule has 3 atom stereocenters. The van der Waals surface area contributed by atoms with Crippen LogP contribution in [0.4, 0.5) is 20.2 Å². The van der Waals surface area contributed by atoms with Gasteiger partial charge in [-0.25, -0.2) is 13.6 Å². The van der Waals surface area contributed by atoms with Gasteiger partial charge in [0.25, 0.3) is 5.91 Å². The zero-order valence-corrected chi connectivity index (χ0v) is 44.4. The van der Waals surface area contributed by atoms with Crippen LogP contribution in [-0.4, -0.2) is 103 Å². The van der Waals surface area contributed by atoms with E-state index in [2.05, 4.69) is 37.2 Å². The van der Waals surface area contributed by atoms with Gasteiger partial charge < -0.3 is 43.7 Å². The molecule has 2 N–H and O–H groups in total. The molecule has 19 heteroatoms. The molecule has 15 rings (SSSR count). The highest BCUT2D eigenvalue weighted by Gasteiger charge is 2.37. The lowest BCUT2D eigenvalue weighted by Crippen LogP contribution is -2.34. The van der Waals surface area contributed by atoms with Crippen LogP contribution in [0.25, 0.3) is 54.7 Å². The monoisotopic (exact) mass is 1100 g/mol. The fraction of sp³-hybridized carbons (Fsp3) is 0.238. The number of carboxylic acids is 1. The number of nitrogens with zero attached hydrogens (tertiary/aromatic N) is 9. The van der Waals surface area contributed by atoms with Gasteiger partial charge in [0, 0.05) is 100 Å². The third-order valence-corrected chi connectivity index (χ3v) is 16.9. The van der Waals surface area contributed by atoms with Gasteiger partial charge in [0.15, 0.2) is 34.6 Å². The van der Waals surface area contributed by atoms with E-state index in [1.807, 2.05) is 87.2 Å². The maximum absolute atomic E-state index is 16.3. The minimum Gasteiger partial charge on any atom is -0.477 e. The summed E-state index contributed by atoms with van der Waals surface area (Å²) in [6.45, 7) is 3.69. The molecular formula is C63H52F2N10O7. The number of benzene rings is 6. The summed E-state index contributed by atoms with van der Waals surface area (Å²) < 4.78 is 48.4. The average molecular weight is 1100 g/mol. The Labute approximate surface area is 466 Å². The van der Waals surface area contributed by atoms with Gasteiger partial charge in [0.05, 0.1) is 33.5 Å². The molecule has 6 aromatic carbocycles. The summed E-state index contributed by atoms with van der Waals surface area (Å²) in [5, 5.41) is 16.5. The van der Waals surface area contributed by atoms with E-state index in [0.29, 0.717) is 78.4 Å². The van der Waals surface area contributed by atoms with E-state index in [4.69, 9.17) is 9.47 Å². The molecule has 0 aliphatic carbocycles. The summed E-state index contributed by atoms with van der Waals surface area (Å²) in [7, 11) is 2.10. The number of halogens is 2. The number of aromatic carboxylic acids is 1. The normalized spacial score (nSPS) is 17.8. The Hall–Kier alpha value is -9.62. The topological polar surface area (TPSA) is 190 Å². The largest absolute Gasteiger partial charge is 0.477 e. The van der Waals surface area contributed by atoms with Crippen LogP contribution in [0.2, 0.25) is 0 Å². The zero-order chi connectivity index (χ0) is 55.9. The lowest BCUT2D eigenvalue weighted by atomic mass is 10.0. The van der Waals surface area contributed by atoms with Crippen molar-refractivity contribution >= 4 is 66.6 Å². The number of carbonyl (C=O) groups is 2. The quantitative estimate of drug-likeness (QED) is 0.139. The standard InChI is InChI=1S/C35H33FN6O3.C28H19FN4O4/c1-40-13-4-7-24(40)8-10-39-35(44)26-20-42-29-15-21-5-2-3-6-22(21)16-30(29)45-34-31(42)25(33(26)43)17-27(36)32(34)41-14-9-23(19-41)28-18-37-11-12-38-28;29-20-11-18-24-27(25(20)32-8-5-17(13-32)21-12-30-6-7-31-21)37-23-10-16-4-2-1-3-15(16)9-22(23)33(24)14-19(26(18)34)28(35)36/h2-3,5-6,11-12,15-18,20,23-24H,4,7-10,13-14,19H2,1H3,(H,39,44);1-4,6-7,9-12,14,17H,5,8,13H2,(H,35,36). The molecule has 4 aromatic heterocycles. The Morgan fingerprint density at radius 2 is 1.13 bits per heavy atom. The van der Waals surface area contributed by atoms with Gasteiger partial charge in [-0.2, -0.15) is 0 Å². The van der Waals surface area contributed by atoms with Crippen LogP contribution in [0.5, 0.6) is 23.0 Å². The van der Waals surface area contributed by atoms with E-state index < -0.39 is 39.9 Å². The number of carboxylic acid groups (broad SMARTS) is 1. The smallest absolute Gasteiger partial charge is 0.341 e. The molecule has 9 heterocycles. The van der Waals surface area contributed by atoms with Gasteiger partial charge in [0.2, 0.25) is 10.9 Å². The van der Waals surface area contributed by atoms with Gasteiger partial charge in [0.1, 0.15) is 33.5 Å². The molecule has 0 saturated carbocycles. The SMILES string of the molecule is CN1CCCC1CCNC(=O)c1cn2c3c(c(N4CCC(c5cnccn5)C4)c(F)cc3c1=O)Oc1cc3ccccc3cc1-2.O=C(O)c1cn2c3c(c(N4CCC(c5cnccn5)C4)c(F)cc3c1=O)Oc1cc3ccccc3cc1-2. The number of ether oxygens (including phenoxy) is 2. The highest BCUT2D eigenvalue weighted by atomic mass is 19.1. The predicted octanol–water partition coefficient (Wildman–Crippen LogP) is 10.3. The van der Waals surface area contributed by atoms with Crippen molar-refractivity contribution in [3.63, 3.8) is 0 Å². The van der Waals surface area contributed by atoms with E-state index in [9.17, 15) is 24.3 Å². The minimum absolute atomic E-state index is 0.0229.